The minimum Gasteiger partial charge on any atom is -0.350 e. The molecule has 1 amide bonds. The number of aromatic nitrogens is 2. The average Bonchev–Trinajstić information content (AvgIpc) is 2.93. The molecule has 0 aliphatic heterocycles. The number of hydrogen-bond acceptors (Lipinski definition) is 3. The van der Waals surface area contributed by atoms with Gasteiger partial charge in [0.05, 0.1) is 6.04 Å². The second-order valence-corrected chi connectivity index (χ2v) is 6.14. The zero-order valence-electron chi connectivity index (χ0n) is 14.2. The first kappa shape index (κ1) is 16.2. The molecule has 1 unspecified atom stereocenters. The van der Waals surface area contributed by atoms with Crippen LogP contribution in [-0.2, 0) is 7.05 Å². The third-order valence-corrected chi connectivity index (χ3v) is 4.31. The SMILES string of the molecule is CN(C)C(CNC(=O)c1ccncc1)c1cn(C)c2ccccc12. The molecule has 24 heavy (non-hydrogen) atoms. The number of nitrogens with zero attached hydrogens (tertiary/aromatic N) is 3. The highest BCUT2D eigenvalue weighted by atomic mass is 16.1. The molecule has 2 aromatic heterocycles. The van der Waals surface area contributed by atoms with Crippen molar-refractivity contribution in [2.75, 3.05) is 20.6 Å². The van der Waals surface area contributed by atoms with Gasteiger partial charge in [-0.1, -0.05) is 18.2 Å². The quantitative estimate of drug-likeness (QED) is 0.785. The summed E-state index contributed by atoms with van der Waals surface area (Å²) >= 11 is 0. The van der Waals surface area contributed by atoms with Gasteiger partial charge in [-0.15, -0.1) is 0 Å². The molecule has 0 aliphatic rings. The number of benzene rings is 1. The Kier molecular flexibility index (Phi) is 4.62. The highest BCUT2D eigenvalue weighted by molar-refractivity contribution is 5.94. The number of aryl methyl sites for hydroxylation is 1. The van der Waals surface area contributed by atoms with Crippen molar-refractivity contribution in [2.45, 2.75) is 6.04 Å². The van der Waals surface area contributed by atoms with Gasteiger partial charge >= 0.3 is 0 Å². The van der Waals surface area contributed by atoms with Crippen LogP contribution in [0.2, 0.25) is 0 Å². The molecule has 3 rings (SSSR count). The molecule has 0 spiro atoms. The molecule has 0 fully saturated rings. The zero-order valence-corrected chi connectivity index (χ0v) is 14.2. The molecule has 0 radical (unpaired) electrons. The lowest BCUT2D eigenvalue weighted by Gasteiger charge is -2.24. The van der Waals surface area contributed by atoms with Crippen LogP contribution in [0.5, 0.6) is 0 Å². The van der Waals surface area contributed by atoms with E-state index in [0.29, 0.717) is 12.1 Å². The fourth-order valence-electron chi connectivity index (χ4n) is 3.00. The van der Waals surface area contributed by atoms with Gasteiger partial charge in [0.25, 0.3) is 5.91 Å². The van der Waals surface area contributed by atoms with Gasteiger partial charge in [0, 0.05) is 48.6 Å². The van der Waals surface area contributed by atoms with Gasteiger partial charge in [-0.25, -0.2) is 0 Å². The first-order valence-corrected chi connectivity index (χ1v) is 7.96. The van der Waals surface area contributed by atoms with Gasteiger partial charge in [0.2, 0.25) is 0 Å². The minimum absolute atomic E-state index is 0.0792. The summed E-state index contributed by atoms with van der Waals surface area (Å²) in [7, 11) is 6.12. The van der Waals surface area contributed by atoms with Crippen molar-refractivity contribution in [1.29, 1.82) is 0 Å². The Hall–Kier alpha value is -2.66. The lowest BCUT2D eigenvalue weighted by molar-refractivity contribution is 0.0942. The number of nitrogens with one attached hydrogen (secondary N) is 1. The fourth-order valence-corrected chi connectivity index (χ4v) is 3.00. The second kappa shape index (κ2) is 6.84. The van der Waals surface area contributed by atoms with Crippen molar-refractivity contribution in [2.24, 2.45) is 7.05 Å². The van der Waals surface area contributed by atoms with E-state index >= 15 is 0 Å². The molecule has 0 saturated carbocycles. The second-order valence-electron chi connectivity index (χ2n) is 6.14. The summed E-state index contributed by atoms with van der Waals surface area (Å²) < 4.78 is 2.13. The maximum absolute atomic E-state index is 12.3. The summed E-state index contributed by atoms with van der Waals surface area (Å²) in [5, 5.41) is 4.25. The van der Waals surface area contributed by atoms with Crippen LogP contribution in [0.4, 0.5) is 0 Å². The molecular weight excluding hydrogens is 300 g/mol. The van der Waals surface area contributed by atoms with Gasteiger partial charge in [-0.2, -0.15) is 0 Å². The van der Waals surface area contributed by atoms with Crippen LogP contribution < -0.4 is 5.32 Å². The molecule has 1 aromatic carbocycles. The van der Waals surface area contributed by atoms with Crippen LogP contribution in [0.1, 0.15) is 22.0 Å². The topological polar surface area (TPSA) is 50.2 Å². The van der Waals surface area contributed by atoms with E-state index in [1.165, 1.54) is 16.5 Å². The summed E-state index contributed by atoms with van der Waals surface area (Å²) in [6.45, 7) is 0.544. The molecule has 124 valence electrons. The Balaban J connectivity index is 1.84. The van der Waals surface area contributed by atoms with E-state index in [1.807, 2.05) is 33.3 Å². The molecule has 5 nitrogen and oxygen atoms in total. The van der Waals surface area contributed by atoms with E-state index in [4.69, 9.17) is 0 Å². The predicted molar refractivity (Wildman–Crippen MR) is 95.9 cm³/mol. The summed E-state index contributed by atoms with van der Waals surface area (Å²) in [4.78, 5) is 18.4. The Morgan fingerprint density at radius 2 is 1.92 bits per heavy atom. The standard InChI is InChI=1S/C19H22N4O/c1-22(2)18(12-21-19(24)14-8-10-20-11-9-14)16-13-23(3)17-7-5-4-6-15(16)17/h4-11,13,18H,12H2,1-3H3,(H,21,24). The van der Waals surface area contributed by atoms with Crippen molar-refractivity contribution in [1.82, 2.24) is 19.8 Å². The first-order chi connectivity index (χ1) is 11.6. The maximum Gasteiger partial charge on any atom is 0.251 e. The van der Waals surface area contributed by atoms with Gasteiger partial charge in [0.15, 0.2) is 0 Å². The van der Waals surface area contributed by atoms with E-state index in [0.717, 1.165) is 0 Å². The Labute approximate surface area is 141 Å². The van der Waals surface area contributed by atoms with E-state index in [9.17, 15) is 4.79 Å². The number of rotatable bonds is 5. The molecule has 5 heteroatoms. The third kappa shape index (κ3) is 3.16. The van der Waals surface area contributed by atoms with Crippen LogP contribution >= 0.6 is 0 Å². The lowest BCUT2D eigenvalue weighted by Crippen LogP contribution is -2.34. The number of likely N-dealkylation sites (N-methyl/N-ethyl adjacent to an activating group) is 1. The maximum atomic E-state index is 12.3. The van der Waals surface area contributed by atoms with Crippen LogP contribution in [0.15, 0.2) is 55.0 Å². The average molecular weight is 322 g/mol. The van der Waals surface area contributed by atoms with Crippen molar-refractivity contribution in [3.05, 3.63) is 66.1 Å². The summed E-state index contributed by atoms with van der Waals surface area (Å²) in [6.07, 6.45) is 5.40. The summed E-state index contributed by atoms with van der Waals surface area (Å²) in [5.74, 6) is -0.0792. The van der Waals surface area contributed by atoms with Crippen molar-refractivity contribution < 1.29 is 4.79 Å². The number of para-hydroxylation sites is 1. The molecule has 3 aromatic rings. The van der Waals surface area contributed by atoms with Gasteiger partial charge in [-0.3, -0.25) is 9.78 Å². The largest absolute Gasteiger partial charge is 0.350 e. The normalized spacial score (nSPS) is 12.5. The zero-order chi connectivity index (χ0) is 17.1. The van der Waals surface area contributed by atoms with Crippen molar-refractivity contribution in [3.63, 3.8) is 0 Å². The number of pyridine rings is 1. The fraction of sp³-hybridized carbons (Fsp3) is 0.263. The lowest BCUT2D eigenvalue weighted by atomic mass is 10.0. The van der Waals surface area contributed by atoms with Crippen LogP contribution in [0.3, 0.4) is 0 Å². The number of amides is 1. The third-order valence-electron chi connectivity index (χ3n) is 4.31. The number of carbonyl (C=O) groups excluding carboxylic acids is 1. The minimum atomic E-state index is -0.0792. The van der Waals surface area contributed by atoms with E-state index < -0.39 is 0 Å². The first-order valence-electron chi connectivity index (χ1n) is 7.96. The molecule has 0 bridgehead atoms. The van der Waals surface area contributed by atoms with Gasteiger partial charge < -0.3 is 14.8 Å². The molecule has 0 aliphatic carbocycles. The van der Waals surface area contributed by atoms with Crippen LogP contribution in [0, 0.1) is 0 Å². The number of carbonyl (C=O) groups is 1. The number of fused-ring (bicyclic) bond motifs is 1. The predicted octanol–water partition coefficient (Wildman–Crippen LogP) is 2.61. The molecule has 2 heterocycles. The smallest absolute Gasteiger partial charge is 0.251 e. The molecule has 1 N–H and O–H groups in total. The monoisotopic (exact) mass is 322 g/mol. The van der Waals surface area contributed by atoms with Crippen LogP contribution in [0.25, 0.3) is 10.9 Å². The Morgan fingerprint density at radius 1 is 1.21 bits per heavy atom. The number of hydrogen-bond donors (Lipinski definition) is 1. The highest BCUT2D eigenvalue weighted by Crippen LogP contribution is 2.28. The highest BCUT2D eigenvalue weighted by Gasteiger charge is 2.20. The van der Waals surface area contributed by atoms with Crippen molar-refractivity contribution >= 4 is 16.8 Å². The molecule has 0 saturated heterocycles. The Morgan fingerprint density at radius 3 is 2.62 bits per heavy atom. The van der Waals surface area contributed by atoms with Crippen molar-refractivity contribution in [3.8, 4) is 0 Å². The van der Waals surface area contributed by atoms with E-state index in [2.05, 4.69) is 38.1 Å². The summed E-state index contributed by atoms with van der Waals surface area (Å²) in [6, 6.07) is 11.9. The van der Waals surface area contributed by atoms with Gasteiger partial charge in [0.1, 0.15) is 0 Å². The molecular formula is C19H22N4O. The van der Waals surface area contributed by atoms with Crippen LogP contribution in [-0.4, -0.2) is 41.0 Å². The van der Waals surface area contributed by atoms with Gasteiger partial charge in [-0.05, 0) is 37.9 Å². The Bertz CT molecular complexity index is 839. The van der Waals surface area contributed by atoms with E-state index in [1.54, 1.807) is 24.5 Å². The molecule has 1 atom stereocenters. The van der Waals surface area contributed by atoms with E-state index in [-0.39, 0.29) is 11.9 Å². The summed E-state index contributed by atoms with van der Waals surface area (Å²) in [5.41, 5.74) is 3.04.